The lowest BCUT2D eigenvalue weighted by atomic mass is 10.0. The molecular weight excluding hydrogens is 537 g/mol. The van der Waals surface area contributed by atoms with Crippen molar-refractivity contribution in [2.75, 3.05) is 10.6 Å². The van der Waals surface area contributed by atoms with E-state index >= 15 is 0 Å². The smallest absolute Gasteiger partial charge is 0.256 e. The Kier molecular flexibility index (Phi) is 6.66. The highest BCUT2D eigenvalue weighted by molar-refractivity contribution is 6.35. The summed E-state index contributed by atoms with van der Waals surface area (Å²) < 4.78 is 18.6. The van der Waals surface area contributed by atoms with Gasteiger partial charge in [-0.1, -0.05) is 12.1 Å². The van der Waals surface area contributed by atoms with Crippen molar-refractivity contribution in [3.63, 3.8) is 0 Å². The molecular formula is C32H26FN5O4. The lowest BCUT2D eigenvalue weighted by Gasteiger charge is -2.15. The molecule has 3 aromatic carbocycles. The van der Waals surface area contributed by atoms with Gasteiger partial charge >= 0.3 is 0 Å². The molecule has 0 bridgehead atoms. The number of hydrogen-bond acceptors (Lipinski definition) is 5. The van der Waals surface area contributed by atoms with E-state index in [0.717, 1.165) is 16.8 Å². The average Bonchev–Trinajstić information content (AvgIpc) is 3.64. The number of aryl methyl sites for hydroxylation is 1. The molecule has 1 aliphatic heterocycles. The van der Waals surface area contributed by atoms with Gasteiger partial charge in [-0.25, -0.2) is 9.37 Å². The van der Waals surface area contributed by atoms with Crippen LogP contribution in [0.2, 0.25) is 0 Å². The summed E-state index contributed by atoms with van der Waals surface area (Å²) in [4.78, 5) is 46.3. The highest BCUT2D eigenvalue weighted by Gasteiger charge is 2.27. The number of aromatic amines is 1. The Labute approximate surface area is 239 Å². The predicted molar refractivity (Wildman–Crippen MR) is 157 cm³/mol. The van der Waals surface area contributed by atoms with Gasteiger partial charge in [0.15, 0.2) is 12.0 Å². The standard InChI is InChI=1S/C32H26FN5O4/c1-16-27(35-18(3)29(16)38-31(40)21-7-11-26-28(13-21)42-15-34-26)14-24-23-12-20(6-10-25(23)37-32(24)41)30(39)36-17(2)19-4-8-22(33)9-5-19/h4-15,17,35H,1-3H3,(H,36,39)(H,37,41)(H,38,40)/b24-14-/t17-/m1/s1. The van der Waals surface area contributed by atoms with Gasteiger partial charge in [0.1, 0.15) is 11.3 Å². The number of oxazole rings is 1. The third-order valence-electron chi connectivity index (χ3n) is 7.38. The maximum Gasteiger partial charge on any atom is 0.256 e. The van der Waals surface area contributed by atoms with Crippen LogP contribution in [0.4, 0.5) is 15.8 Å². The van der Waals surface area contributed by atoms with Crippen LogP contribution < -0.4 is 16.0 Å². The number of carbonyl (C=O) groups is 3. The second kappa shape index (κ2) is 10.5. The summed E-state index contributed by atoms with van der Waals surface area (Å²) in [5.41, 5.74) is 7.00. The molecule has 6 rings (SSSR count). The lowest BCUT2D eigenvalue weighted by Crippen LogP contribution is -2.26. The number of nitrogens with one attached hydrogen (secondary N) is 4. The summed E-state index contributed by atoms with van der Waals surface area (Å²) >= 11 is 0. The molecule has 2 aromatic heterocycles. The number of hydrogen-bond donors (Lipinski definition) is 4. The summed E-state index contributed by atoms with van der Waals surface area (Å²) in [6, 6.07) is 15.6. The number of halogens is 1. The van der Waals surface area contributed by atoms with Crippen LogP contribution in [0, 0.1) is 19.7 Å². The van der Waals surface area contributed by atoms with E-state index in [-0.39, 0.29) is 29.6 Å². The zero-order valence-corrected chi connectivity index (χ0v) is 23.0. The van der Waals surface area contributed by atoms with Crippen molar-refractivity contribution in [1.82, 2.24) is 15.3 Å². The molecule has 1 aliphatic rings. The molecule has 4 N–H and O–H groups in total. The number of nitrogens with zero attached hydrogens (tertiary/aromatic N) is 1. The van der Waals surface area contributed by atoms with Gasteiger partial charge in [-0.3, -0.25) is 14.4 Å². The van der Waals surface area contributed by atoms with Gasteiger partial charge < -0.3 is 25.4 Å². The highest BCUT2D eigenvalue weighted by atomic mass is 19.1. The fraction of sp³-hybridized carbons (Fsp3) is 0.125. The fourth-order valence-corrected chi connectivity index (χ4v) is 5.02. The molecule has 0 saturated heterocycles. The summed E-state index contributed by atoms with van der Waals surface area (Å²) in [7, 11) is 0. The summed E-state index contributed by atoms with van der Waals surface area (Å²) in [5.74, 6) is -1.29. The van der Waals surface area contributed by atoms with Gasteiger partial charge in [-0.15, -0.1) is 0 Å². The second-order valence-corrected chi connectivity index (χ2v) is 10.2. The molecule has 42 heavy (non-hydrogen) atoms. The second-order valence-electron chi connectivity index (χ2n) is 10.2. The van der Waals surface area contributed by atoms with Gasteiger partial charge in [0, 0.05) is 33.8 Å². The molecule has 10 heteroatoms. The average molecular weight is 564 g/mol. The Morgan fingerprint density at radius 2 is 1.74 bits per heavy atom. The zero-order chi connectivity index (χ0) is 29.5. The van der Waals surface area contributed by atoms with Crippen LogP contribution in [-0.2, 0) is 4.79 Å². The molecule has 0 fully saturated rings. The minimum atomic E-state index is -0.350. The Morgan fingerprint density at radius 1 is 1.00 bits per heavy atom. The zero-order valence-electron chi connectivity index (χ0n) is 23.0. The van der Waals surface area contributed by atoms with Crippen molar-refractivity contribution < 1.29 is 23.2 Å². The monoisotopic (exact) mass is 563 g/mol. The number of rotatable bonds is 6. The molecule has 0 radical (unpaired) electrons. The fourth-order valence-electron chi connectivity index (χ4n) is 5.02. The highest BCUT2D eigenvalue weighted by Crippen LogP contribution is 2.35. The molecule has 0 aliphatic carbocycles. The molecule has 0 saturated carbocycles. The quantitative estimate of drug-likeness (QED) is 0.184. The Hall–Kier alpha value is -5.51. The van der Waals surface area contributed by atoms with Gasteiger partial charge in [0.2, 0.25) is 0 Å². The van der Waals surface area contributed by atoms with Crippen molar-refractivity contribution in [1.29, 1.82) is 0 Å². The molecule has 1 atom stereocenters. The SMILES string of the molecule is Cc1[nH]c(/C=C2\C(=O)Nc3ccc(C(=O)N[C@H](C)c4ccc(F)cc4)cc32)c(C)c1NC(=O)c1ccc2ncoc2c1. The number of amides is 3. The van der Waals surface area contributed by atoms with E-state index < -0.39 is 0 Å². The molecule has 0 unspecified atom stereocenters. The first-order chi connectivity index (χ1) is 20.2. The van der Waals surface area contributed by atoms with Crippen LogP contribution >= 0.6 is 0 Å². The van der Waals surface area contributed by atoms with Crippen molar-refractivity contribution in [3.8, 4) is 0 Å². The van der Waals surface area contributed by atoms with Crippen molar-refractivity contribution in [3.05, 3.63) is 112 Å². The largest absolute Gasteiger partial charge is 0.443 e. The van der Waals surface area contributed by atoms with Gasteiger partial charge in [0.25, 0.3) is 17.7 Å². The molecule has 5 aromatic rings. The number of benzene rings is 3. The Balaban J connectivity index is 1.25. The van der Waals surface area contributed by atoms with Gasteiger partial charge in [-0.05, 0) is 86.5 Å². The molecule has 210 valence electrons. The first-order valence-electron chi connectivity index (χ1n) is 13.3. The molecule has 9 nitrogen and oxygen atoms in total. The van der Waals surface area contributed by atoms with E-state index in [1.54, 1.807) is 54.6 Å². The number of anilines is 2. The molecule has 3 heterocycles. The first-order valence-corrected chi connectivity index (χ1v) is 13.3. The Bertz CT molecular complexity index is 1920. The van der Waals surface area contributed by atoms with E-state index in [2.05, 4.69) is 25.9 Å². The lowest BCUT2D eigenvalue weighted by molar-refractivity contribution is -0.110. The topological polar surface area (TPSA) is 129 Å². The van der Waals surface area contributed by atoms with Gasteiger partial charge in [-0.2, -0.15) is 0 Å². The van der Waals surface area contributed by atoms with Crippen molar-refractivity contribution in [2.45, 2.75) is 26.8 Å². The summed E-state index contributed by atoms with van der Waals surface area (Å²) in [6.45, 7) is 5.49. The predicted octanol–water partition coefficient (Wildman–Crippen LogP) is 6.15. The summed E-state index contributed by atoms with van der Waals surface area (Å²) in [6.07, 6.45) is 3.04. The van der Waals surface area contributed by atoms with Crippen LogP contribution in [0.15, 0.2) is 71.5 Å². The van der Waals surface area contributed by atoms with Crippen LogP contribution in [0.5, 0.6) is 0 Å². The van der Waals surface area contributed by atoms with E-state index in [4.69, 9.17) is 4.42 Å². The third kappa shape index (κ3) is 4.94. The normalized spacial score (nSPS) is 14.1. The molecule has 3 amide bonds. The van der Waals surface area contributed by atoms with Gasteiger partial charge in [0.05, 0.1) is 17.3 Å². The molecule has 0 spiro atoms. The minimum Gasteiger partial charge on any atom is -0.443 e. The maximum atomic E-state index is 13.3. The first kappa shape index (κ1) is 26.7. The number of H-pyrrole nitrogens is 1. The van der Waals surface area contributed by atoms with Crippen LogP contribution in [0.3, 0.4) is 0 Å². The number of aromatic nitrogens is 2. The van der Waals surface area contributed by atoms with Crippen molar-refractivity contribution in [2.24, 2.45) is 0 Å². The number of fused-ring (bicyclic) bond motifs is 2. The minimum absolute atomic E-state index is 0.306. The van der Waals surface area contributed by atoms with Crippen LogP contribution in [-0.4, -0.2) is 27.7 Å². The van der Waals surface area contributed by atoms with Crippen LogP contribution in [0.25, 0.3) is 22.7 Å². The Morgan fingerprint density at radius 3 is 2.52 bits per heavy atom. The number of carbonyl (C=O) groups excluding carboxylic acids is 3. The maximum absolute atomic E-state index is 13.3. The van der Waals surface area contributed by atoms with Crippen molar-refractivity contribution >= 4 is 51.8 Å². The van der Waals surface area contributed by atoms with E-state index in [0.29, 0.717) is 50.4 Å². The van der Waals surface area contributed by atoms with E-state index in [1.165, 1.54) is 18.5 Å². The third-order valence-corrected chi connectivity index (χ3v) is 7.38. The van der Waals surface area contributed by atoms with E-state index in [1.807, 2.05) is 20.8 Å². The van der Waals surface area contributed by atoms with E-state index in [9.17, 15) is 18.8 Å². The van der Waals surface area contributed by atoms with Crippen LogP contribution in [0.1, 0.15) is 61.8 Å². The summed E-state index contributed by atoms with van der Waals surface area (Å²) in [5, 5.41) is 8.71.